The van der Waals surface area contributed by atoms with Gasteiger partial charge in [0, 0.05) is 0 Å². The van der Waals surface area contributed by atoms with Gasteiger partial charge in [-0.25, -0.2) is 27.3 Å². The van der Waals surface area contributed by atoms with Gasteiger partial charge in [0.1, 0.15) is 9.50 Å². The maximum absolute atomic E-state index is 12.6. The molecule has 1 heterocycles. The predicted molar refractivity (Wildman–Crippen MR) is 54.8 cm³/mol. The lowest BCUT2D eigenvalue weighted by atomic mass is 10.3. The number of sulfonamides is 1. The van der Waals surface area contributed by atoms with Gasteiger partial charge >= 0.3 is 0 Å². The van der Waals surface area contributed by atoms with E-state index in [-0.39, 0.29) is 4.60 Å². The number of methoxy groups -OCH3 is 1. The zero-order valence-electron chi connectivity index (χ0n) is 7.95. The number of hydrogen-bond acceptors (Lipinski definition) is 4. The van der Waals surface area contributed by atoms with E-state index < -0.39 is 32.8 Å². The lowest BCUT2D eigenvalue weighted by Crippen LogP contribution is -2.15. The first-order chi connectivity index (χ1) is 7.27. The average molecular weight is 317 g/mol. The van der Waals surface area contributed by atoms with Crippen molar-refractivity contribution in [3.05, 3.63) is 16.4 Å². The number of hydrogen-bond donors (Lipinski definition) is 1. The van der Waals surface area contributed by atoms with E-state index in [1.165, 1.54) is 0 Å². The fraction of sp³-hybridized carbons (Fsp3) is 0.286. The van der Waals surface area contributed by atoms with Gasteiger partial charge in [0.05, 0.1) is 7.11 Å². The molecule has 0 aliphatic carbocycles. The van der Waals surface area contributed by atoms with Gasteiger partial charge in [0.2, 0.25) is 10.0 Å². The Morgan fingerprint density at radius 1 is 1.56 bits per heavy atom. The minimum Gasteiger partial charge on any atom is -0.493 e. The molecule has 90 valence electrons. The summed E-state index contributed by atoms with van der Waals surface area (Å²) in [5.74, 6) is -0.541. The van der Waals surface area contributed by atoms with E-state index in [1.807, 2.05) is 0 Å². The average Bonchev–Trinajstić information content (AvgIpc) is 2.14. The van der Waals surface area contributed by atoms with Gasteiger partial charge in [-0.1, -0.05) is 0 Å². The number of ether oxygens (including phenoxy) is 1. The van der Waals surface area contributed by atoms with Crippen molar-refractivity contribution in [2.45, 2.75) is 11.3 Å². The van der Waals surface area contributed by atoms with Crippen LogP contribution in [0.25, 0.3) is 0 Å². The molecule has 0 aliphatic heterocycles. The monoisotopic (exact) mass is 316 g/mol. The molecule has 0 aromatic carbocycles. The molecule has 0 fully saturated rings. The molecule has 0 atom stereocenters. The van der Waals surface area contributed by atoms with Crippen LogP contribution in [0.5, 0.6) is 5.75 Å². The van der Waals surface area contributed by atoms with Gasteiger partial charge < -0.3 is 4.74 Å². The molecule has 0 aliphatic rings. The van der Waals surface area contributed by atoms with Crippen LogP contribution >= 0.6 is 15.9 Å². The zero-order chi connectivity index (χ0) is 12.5. The van der Waals surface area contributed by atoms with E-state index >= 15 is 0 Å². The number of primary sulfonamides is 1. The van der Waals surface area contributed by atoms with Crippen molar-refractivity contribution in [1.82, 2.24) is 4.98 Å². The summed E-state index contributed by atoms with van der Waals surface area (Å²) in [5, 5.41) is 4.87. The van der Waals surface area contributed by atoms with Crippen LogP contribution in [0.2, 0.25) is 0 Å². The van der Waals surface area contributed by atoms with E-state index in [9.17, 15) is 17.2 Å². The molecule has 0 radical (unpaired) electrons. The molecule has 2 N–H and O–H groups in total. The standard InChI is InChI=1S/C7H7BrF2N2O3S/c1-15-6-3(16(11,13)14)2-4(8)12-5(6)7(9)10/h2,7H,1H3,(H2,11,13,14). The van der Waals surface area contributed by atoms with Crippen LogP contribution in [0.15, 0.2) is 15.6 Å². The largest absolute Gasteiger partial charge is 0.493 e. The van der Waals surface area contributed by atoms with E-state index in [1.54, 1.807) is 0 Å². The Morgan fingerprint density at radius 3 is 2.50 bits per heavy atom. The number of nitrogens with zero attached hydrogens (tertiary/aromatic N) is 1. The number of alkyl halides is 2. The number of rotatable bonds is 3. The Kier molecular flexibility index (Phi) is 3.81. The third-order valence-corrected chi connectivity index (χ3v) is 2.97. The predicted octanol–water partition coefficient (Wildman–Crippen LogP) is 1.44. The van der Waals surface area contributed by atoms with Crippen LogP contribution in [0.1, 0.15) is 12.1 Å². The lowest BCUT2D eigenvalue weighted by Gasteiger charge is -2.11. The molecule has 0 unspecified atom stereocenters. The first kappa shape index (κ1) is 13.3. The normalized spacial score (nSPS) is 11.9. The van der Waals surface area contributed by atoms with E-state index in [0.717, 1.165) is 13.2 Å². The van der Waals surface area contributed by atoms with Crippen LogP contribution < -0.4 is 9.88 Å². The summed E-state index contributed by atoms with van der Waals surface area (Å²) in [6, 6.07) is 1.00. The highest BCUT2D eigenvalue weighted by Crippen LogP contribution is 2.34. The highest BCUT2D eigenvalue weighted by Gasteiger charge is 2.25. The number of halogens is 3. The molecule has 0 spiro atoms. The van der Waals surface area contributed by atoms with Crippen LogP contribution in [-0.2, 0) is 10.0 Å². The van der Waals surface area contributed by atoms with Crippen molar-refractivity contribution in [1.29, 1.82) is 0 Å². The van der Waals surface area contributed by atoms with E-state index in [2.05, 4.69) is 25.7 Å². The fourth-order valence-corrected chi connectivity index (χ4v) is 2.36. The first-order valence-electron chi connectivity index (χ1n) is 3.82. The second-order valence-corrected chi connectivity index (χ2v) is 5.05. The molecule has 5 nitrogen and oxygen atoms in total. The van der Waals surface area contributed by atoms with Crippen LogP contribution in [0, 0.1) is 0 Å². The molecule has 1 rings (SSSR count). The second kappa shape index (κ2) is 4.60. The highest BCUT2D eigenvalue weighted by molar-refractivity contribution is 9.10. The maximum Gasteiger partial charge on any atom is 0.284 e. The highest BCUT2D eigenvalue weighted by atomic mass is 79.9. The summed E-state index contributed by atoms with van der Waals surface area (Å²) in [6.07, 6.45) is -2.96. The Labute approximate surface area is 98.8 Å². The summed E-state index contributed by atoms with van der Waals surface area (Å²) >= 11 is 2.82. The zero-order valence-corrected chi connectivity index (χ0v) is 10.3. The van der Waals surface area contributed by atoms with E-state index in [0.29, 0.717) is 0 Å². The van der Waals surface area contributed by atoms with Gasteiger partial charge in [-0.05, 0) is 22.0 Å². The molecule has 1 aromatic heterocycles. The van der Waals surface area contributed by atoms with Crippen LogP contribution in [0.3, 0.4) is 0 Å². The van der Waals surface area contributed by atoms with Gasteiger partial charge in [-0.2, -0.15) is 0 Å². The van der Waals surface area contributed by atoms with Gasteiger partial charge in [0.15, 0.2) is 11.4 Å². The molecular formula is C7H7BrF2N2O3S. The Bertz CT molecular complexity index is 507. The molecule has 9 heteroatoms. The molecule has 0 saturated heterocycles. The Hall–Kier alpha value is -0.800. The smallest absolute Gasteiger partial charge is 0.284 e. The maximum atomic E-state index is 12.6. The van der Waals surface area contributed by atoms with Crippen molar-refractivity contribution in [3.8, 4) is 5.75 Å². The number of aromatic nitrogens is 1. The minimum absolute atomic E-state index is 0.0624. The first-order valence-corrected chi connectivity index (χ1v) is 6.16. The fourth-order valence-electron chi connectivity index (χ4n) is 1.06. The van der Waals surface area contributed by atoms with Gasteiger partial charge in [-0.15, -0.1) is 0 Å². The molecule has 1 aromatic rings. The van der Waals surface area contributed by atoms with Crippen molar-refractivity contribution < 1.29 is 21.9 Å². The summed E-state index contributed by atoms with van der Waals surface area (Å²) < 4.78 is 51.9. The number of nitrogens with two attached hydrogens (primary N) is 1. The van der Waals surface area contributed by atoms with Crippen molar-refractivity contribution in [2.24, 2.45) is 5.14 Å². The molecule has 0 bridgehead atoms. The Morgan fingerprint density at radius 2 is 2.12 bits per heavy atom. The van der Waals surface area contributed by atoms with Crippen molar-refractivity contribution in [2.75, 3.05) is 7.11 Å². The van der Waals surface area contributed by atoms with Crippen molar-refractivity contribution in [3.63, 3.8) is 0 Å². The van der Waals surface area contributed by atoms with Crippen LogP contribution in [-0.4, -0.2) is 20.5 Å². The summed E-state index contributed by atoms with van der Waals surface area (Å²) in [7, 11) is -3.09. The summed E-state index contributed by atoms with van der Waals surface area (Å²) in [6.45, 7) is 0. The Balaban J connectivity index is 3.62. The SMILES string of the molecule is COc1c(S(N)(=O)=O)cc(Br)nc1C(F)F. The third-order valence-electron chi connectivity index (χ3n) is 1.65. The van der Waals surface area contributed by atoms with Crippen molar-refractivity contribution >= 4 is 26.0 Å². The quantitative estimate of drug-likeness (QED) is 0.855. The molecule has 0 saturated carbocycles. The van der Waals surface area contributed by atoms with Crippen LogP contribution in [0.4, 0.5) is 8.78 Å². The molecular weight excluding hydrogens is 310 g/mol. The lowest BCUT2D eigenvalue weighted by molar-refractivity contribution is 0.140. The van der Waals surface area contributed by atoms with Gasteiger partial charge in [0.25, 0.3) is 6.43 Å². The second-order valence-electron chi connectivity index (χ2n) is 2.71. The van der Waals surface area contributed by atoms with E-state index in [4.69, 9.17) is 5.14 Å². The minimum atomic E-state index is -4.15. The summed E-state index contributed by atoms with van der Waals surface area (Å²) in [4.78, 5) is 2.90. The topological polar surface area (TPSA) is 82.3 Å². The molecule has 16 heavy (non-hydrogen) atoms. The third kappa shape index (κ3) is 2.66. The molecule has 0 amide bonds. The summed E-state index contributed by atoms with van der Waals surface area (Å²) in [5.41, 5.74) is -0.777. The number of pyridine rings is 1. The van der Waals surface area contributed by atoms with Gasteiger partial charge in [-0.3, -0.25) is 0 Å².